The van der Waals surface area contributed by atoms with Gasteiger partial charge in [-0.2, -0.15) is 0 Å². The second-order valence-electron chi connectivity index (χ2n) is 1.46. The van der Waals surface area contributed by atoms with Gasteiger partial charge in [0, 0.05) is 49.6 Å². The molecule has 0 bridgehead atoms. The Balaban J connectivity index is -0.000000135. The molecule has 0 saturated carbocycles. The zero-order chi connectivity index (χ0) is 7.98. The first-order valence-electron chi connectivity index (χ1n) is 2.56. The van der Waals surface area contributed by atoms with E-state index < -0.39 is 0 Å². The molecular weight excluding hydrogens is 364 g/mol. The van der Waals surface area contributed by atoms with Crippen molar-refractivity contribution in [2.75, 3.05) is 13.1 Å². The molecule has 0 heterocycles. The summed E-state index contributed by atoms with van der Waals surface area (Å²) in [7, 11) is 0. The van der Waals surface area contributed by atoms with E-state index in [4.69, 9.17) is 0 Å². The fourth-order valence-corrected chi connectivity index (χ4v) is 0.767. The van der Waals surface area contributed by atoms with Crippen LogP contribution in [0.15, 0.2) is 0 Å². The normalized spacial score (nSPS) is 6.62. The Kier molecular flexibility index (Phi) is 34.2. The smallest absolute Gasteiger partial charge is 0 e. The Labute approximate surface area is 166 Å². The molecule has 0 aromatic rings. The van der Waals surface area contributed by atoms with E-state index in [1.165, 1.54) is 0 Å². The topological polar surface area (TPSA) is 24.1 Å². The zero-order valence-corrected chi connectivity index (χ0v) is 13.8. The molecular formula is C4H9KMnN2S4Zn. The van der Waals surface area contributed by atoms with Crippen molar-refractivity contribution < 1.29 is 36.5 Å². The third-order valence-corrected chi connectivity index (χ3v) is 1.28. The number of hydrogen-bond donors (Lipinski definition) is 4. The third kappa shape index (κ3) is 25.5. The maximum Gasteiger partial charge on any atom is 0 e. The van der Waals surface area contributed by atoms with Crippen molar-refractivity contribution in [2.45, 2.75) is 0 Å². The molecule has 0 atom stereocenters. The number of nitrogens with one attached hydrogen (secondary N) is 2. The van der Waals surface area contributed by atoms with E-state index >= 15 is 0 Å². The molecule has 69 valence electrons. The van der Waals surface area contributed by atoms with Gasteiger partial charge >= 0.3 is 51.4 Å². The van der Waals surface area contributed by atoms with Crippen LogP contribution in [-0.4, -0.2) is 73.1 Å². The maximum atomic E-state index is 4.65. The van der Waals surface area contributed by atoms with Crippen molar-refractivity contribution in [1.82, 2.24) is 10.6 Å². The minimum Gasteiger partial charge on any atom is 0 e. The number of rotatable bonds is 3. The Morgan fingerprint density at radius 2 is 1.23 bits per heavy atom. The van der Waals surface area contributed by atoms with Crippen LogP contribution in [0, 0.1) is 0 Å². The first-order valence-corrected chi connectivity index (χ1v) is 4.27. The number of thiol groups is 2. The van der Waals surface area contributed by atoms with Crippen LogP contribution in [0.25, 0.3) is 0 Å². The Hall–Kier alpha value is 3.26. The van der Waals surface area contributed by atoms with E-state index in [9.17, 15) is 0 Å². The van der Waals surface area contributed by atoms with Gasteiger partial charge in [-0.1, -0.05) is 24.4 Å². The number of hydrogen-bond acceptors (Lipinski definition) is 2. The van der Waals surface area contributed by atoms with Gasteiger partial charge in [0.05, 0.1) is 0 Å². The van der Waals surface area contributed by atoms with Crippen LogP contribution in [0.4, 0.5) is 0 Å². The third-order valence-electron chi connectivity index (χ3n) is 0.677. The summed E-state index contributed by atoms with van der Waals surface area (Å²) in [5, 5.41) is 5.68. The van der Waals surface area contributed by atoms with Crippen molar-refractivity contribution >= 4 is 110 Å². The molecule has 2 N–H and O–H groups in total. The summed E-state index contributed by atoms with van der Waals surface area (Å²) >= 11 is 17.0. The molecule has 0 saturated heterocycles. The van der Waals surface area contributed by atoms with Crippen molar-refractivity contribution in [1.29, 1.82) is 0 Å². The first-order chi connectivity index (χ1) is 4.63. The summed E-state index contributed by atoms with van der Waals surface area (Å²) < 4.78 is 0.985. The number of thiocarbonyl (C=S) groups is 2. The molecule has 0 aliphatic carbocycles. The maximum absolute atomic E-state index is 4.65. The minimum absolute atomic E-state index is 0. The van der Waals surface area contributed by atoms with Crippen LogP contribution in [0.2, 0.25) is 0 Å². The molecule has 0 aliphatic rings. The van der Waals surface area contributed by atoms with Crippen LogP contribution < -0.4 is 10.6 Å². The molecule has 0 amide bonds. The quantitative estimate of drug-likeness (QED) is 0.241. The van der Waals surface area contributed by atoms with E-state index in [-0.39, 0.29) is 87.9 Å². The Morgan fingerprint density at radius 3 is 1.38 bits per heavy atom. The molecule has 0 aromatic heterocycles. The van der Waals surface area contributed by atoms with Gasteiger partial charge in [0.1, 0.15) is 8.64 Å². The summed E-state index contributed by atoms with van der Waals surface area (Å²) in [6.45, 7) is 1.42. The average molecular weight is 373 g/mol. The van der Waals surface area contributed by atoms with Crippen LogP contribution >= 0.6 is 49.7 Å². The minimum atomic E-state index is 0. The van der Waals surface area contributed by atoms with E-state index in [0.717, 1.165) is 0 Å². The van der Waals surface area contributed by atoms with Gasteiger partial charge in [-0.25, -0.2) is 0 Å². The molecule has 0 fully saturated rings. The fourth-order valence-electron chi connectivity index (χ4n) is 0.339. The summed E-state index contributed by atoms with van der Waals surface area (Å²) in [5.41, 5.74) is 0. The van der Waals surface area contributed by atoms with Crippen LogP contribution in [0.5, 0.6) is 0 Å². The molecule has 13 heavy (non-hydrogen) atoms. The van der Waals surface area contributed by atoms with Crippen LogP contribution in [-0.2, 0) is 36.5 Å². The molecule has 1 radical (unpaired) electrons. The van der Waals surface area contributed by atoms with Crippen molar-refractivity contribution in [3.8, 4) is 0 Å². The molecule has 0 spiro atoms. The monoisotopic (exact) mass is 371 g/mol. The van der Waals surface area contributed by atoms with E-state index in [0.29, 0.717) is 21.7 Å². The van der Waals surface area contributed by atoms with Gasteiger partial charge in [0.25, 0.3) is 0 Å². The Bertz CT molecular complexity index is 134. The van der Waals surface area contributed by atoms with Gasteiger partial charge in [0.15, 0.2) is 0 Å². The van der Waals surface area contributed by atoms with E-state index in [1.807, 2.05) is 0 Å². The second kappa shape index (κ2) is 17.6. The van der Waals surface area contributed by atoms with Gasteiger partial charge in [-0.3, -0.25) is 0 Å². The molecule has 9 heteroatoms. The predicted octanol–water partition coefficient (Wildman–Crippen LogP) is -0.0585. The second-order valence-corrected chi connectivity index (χ2v) is 3.78. The molecule has 0 unspecified atom stereocenters. The van der Waals surface area contributed by atoms with Gasteiger partial charge in [-0.05, 0) is 0 Å². The van der Waals surface area contributed by atoms with Gasteiger partial charge in [-0.15, -0.1) is 25.3 Å². The fraction of sp³-hybridized carbons (Fsp3) is 0.500. The van der Waals surface area contributed by atoms with Crippen molar-refractivity contribution in [3.63, 3.8) is 0 Å². The van der Waals surface area contributed by atoms with Crippen LogP contribution in [0.1, 0.15) is 0 Å². The Morgan fingerprint density at radius 1 is 1.00 bits per heavy atom. The van der Waals surface area contributed by atoms with Crippen molar-refractivity contribution in [2.24, 2.45) is 0 Å². The van der Waals surface area contributed by atoms with Crippen LogP contribution in [0.3, 0.4) is 0 Å². The van der Waals surface area contributed by atoms with Gasteiger partial charge in [0.2, 0.25) is 0 Å². The predicted molar refractivity (Wildman–Crippen MR) is 66.3 cm³/mol. The molecule has 0 aromatic carbocycles. The molecule has 2 nitrogen and oxygen atoms in total. The summed E-state index contributed by atoms with van der Waals surface area (Å²) in [6.07, 6.45) is 0. The van der Waals surface area contributed by atoms with E-state index in [2.05, 4.69) is 60.3 Å². The summed E-state index contributed by atoms with van der Waals surface area (Å²) in [4.78, 5) is 0. The summed E-state index contributed by atoms with van der Waals surface area (Å²) in [6, 6.07) is 0. The van der Waals surface area contributed by atoms with Crippen molar-refractivity contribution in [3.05, 3.63) is 0 Å². The largest absolute Gasteiger partial charge is 0 e. The SMILES string of the molecule is S=C(S)NCCNC(=S)S.[KH].[Mn].[Zn]. The molecule has 0 aliphatic heterocycles. The van der Waals surface area contributed by atoms with Gasteiger partial charge < -0.3 is 10.6 Å². The van der Waals surface area contributed by atoms with E-state index in [1.54, 1.807) is 0 Å². The standard InChI is InChI=1S/C4H8N2S4.K.Mn.Zn.H/c7-3(8)5-1-2-6-4(9)10;;;;/h1-2H2,(H2,5,7,8)(H2,6,9,10);;;;. The summed E-state index contributed by atoms with van der Waals surface area (Å²) in [5.74, 6) is 0. The molecule has 0 rings (SSSR count). The average Bonchev–Trinajstić information content (AvgIpc) is 1.79. The first kappa shape index (κ1) is 25.2. The zero-order valence-electron chi connectivity index (χ0n) is 6.21.